The summed E-state index contributed by atoms with van der Waals surface area (Å²) in [6.45, 7) is 5.14. The summed E-state index contributed by atoms with van der Waals surface area (Å²) in [4.78, 5) is 23.1. The van der Waals surface area contributed by atoms with Crippen LogP contribution < -0.4 is 21.3 Å². The first kappa shape index (κ1) is 23.7. The van der Waals surface area contributed by atoms with E-state index < -0.39 is 0 Å². The summed E-state index contributed by atoms with van der Waals surface area (Å²) in [5.74, 6) is 1.66. The second kappa shape index (κ2) is 12.2. The van der Waals surface area contributed by atoms with Crippen molar-refractivity contribution in [3.05, 3.63) is 23.9 Å². The number of nitrogens with two attached hydrogens (primary N) is 1. The quantitative estimate of drug-likeness (QED) is 0.308. The molecule has 1 aromatic heterocycles. The van der Waals surface area contributed by atoms with Gasteiger partial charge in [-0.1, -0.05) is 25.3 Å². The second-order valence-corrected chi connectivity index (χ2v) is 7.82. The molecule has 0 bridgehead atoms. The topological polar surface area (TPSA) is 95.6 Å². The number of aliphatic imine (C=N–C) groups is 1. The standard InChI is InChI=1S/C21H34N6O.HI/c1-2-23-21(26-18-8-4-3-5-9-18)25-15-17-7-6-12-24-20(17)27-13-10-16(11-14-27)19(22)28;/h6-7,12,16,18H,2-5,8-11,13-15H2,1H3,(H2,22,28)(H2,23,25,26);1H. The molecule has 2 fully saturated rings. The zero-order valence-electron chi connectivity index (χ0n) is 17.4. The Kier molecular flexibility index (Phi) is 9.96. The molecule has 1 amide bonds. The first-order valence-corrected chi connectivity index (χ1v) is 10.7. The first-order valence-electron chi connectivity index (χ1n) is 10.7. The predicted molar refractivity (Wildman–Crippen MR) is 129 cm³/mol. The van der Waals surface area contributed by atoms with Crippen LogP contribution in [0.4, 0.5) is 5.82 Å². The van der Waals surface area contributed by atoms with Crippen LogP contribution in [0.15, 0.2) is 23.3 Å². The minimum atomic E-state index is -0.186. The number of guanidine groups is 1. The number of piperidine rings is 1. The Labute approximate surface area is 191 Å². The Morgan fingerprint density at radius 1 is 1.24 bits per heavy atom. The number of hydrogen-bond acceptors (Lipinski definition) is 4. The molecule has 2 aliphatic rings. The molecule has 1 aliphatic carbocycles. The lowest BCUT2D eigenvalue weighted by Gasteiger charge is -2.32. The molecule has 3 rings (SSSR count). The van der Waals surface area contributed by atoms with Gasteiger partial charge in [-0.15, -0.1) is 24.0 Å². The number of anilines is 1. The van der Waals surface area contributed by atoms with Gasteiger partial charge in [0, 0.05) is 43.4 Å². The number of nitrogens with zero attached hydrogens (tertiary/aromatic N) is 3. The van der Waals surface area contributed by atoms with Gasteiger partial charge < -0.3 is 21.3 Å². The van der Waals surface area contributed by atoms with Gasteiger partial charge in [-0.05, 0) is 38.7 Å². The number of carbonyl (C=O) groups excluding carboxylic acids is 1. The van der Waals surface area contributed by atoms with Crippen molar-refractivity contribution in [3.63, 3.8) is 0 Å². The Hall–Kier alpha value is -1.58. The zero-order valence-corrected chi connectivity index (χ0v) is 19.7. The van der Waals surface area contributed by atoms with E-state index in [1.54, 1.807) is 0 Å². The van der Waals surface area contributed by atoms with Gasteiger partial charge in [0.2, 0.25) is 5.91 Å². The number of pyridine rings is 1. The van der Waals surface area contributed by atoms with Crippen molar-refractivity contribution < 1.29 is 4.79 Å². The molecule has 162 valence electrons. The minimum Gasteiger partial charge on any atom is -0.369 e. The van der Waals surface area contributed by atoms with Crippen molar-refractivity contribution in [1.82, 2.24) is 15.6 Å². The zero-order chi connectivity index (χ0) is 19.8. The highest BCUT2D eigenvalue weighted by molar-refractivity contribution is 14.0. The van der Waals surface area contributed by atoms with Crippen molar-refractivity contribution in [2.75, 3.05) is 24.5 Å². The Morgan fingerprint density at radius 2 is 1.97 bits per heavy atom. The number of aromatic nitrogens is 1. The van der Waals surface area contributed by atoms with Gasteiger partial charge in [-0.25, -0.2) is 9.98 Å². The molecule has 0 spiro atoms. The highest BCUT2D eigenvalue weighted by Gasteiger charge is 2.25. The number of amides is 1. The average Bonchev–Trinajstić information content (AvgIpc) is 2.73. The molecule has 4 N–H and O–H groups in total. The van der Waals surface area contributed by atoms with Crippen LogP contribution in [0, 0.1) is 5.92 Å². The summed E-state index contributed by atoms with van der Waals surface area (Å²) in [6.07, 6.45) is 9.79. The fourth-order valence-corrected chi connectivity index (χ4v) is 4.14. The van der Waals surface area contributed by atoms with Crippen molar-refractivity contribution in [3.8, 4) is 0 Å². The van der Waals surface area contributed by atoms with E-state index in [2.05, 4.69) is 33.5 Å². The van der Waals surface area contributed by atoms with Gasteiger partial charge in [0.05, 0.1) is 6.54 Å². The van der Waals surface area contributed by atoms with E-state index in [9.17, 15) is 4.79 Å². The van der Waals surface area contributed by atoms with E-state index in [4.69, 9.17) is 10.7 Å². The van der Waals surface area contributed by atoms with Crippen LogP contribution in [-0.4, -0.2) is 42.5 Å². The maximum atomic E-state index is 11.4. The molecule has 7 nitrogen and oxygen atoms in total. The van der Waals surface area contributed by atoms with Crippen LogP contribution in [0.25, 0.3) is 0 Å². The summed E-state index contributed by atoms with van der Waals surface area (Å²) in [6, 6.07) is 4.58. The van der Waals surface area contributed by atoms with Crippen LogP contribution in [0.1, 0.15) is 57.4 Å². The minimum absolute atomic E-state index is 0. The van der Waals surface area contributed by atoms with E-state index in [1.807, 2.05) is 12.3 Å². The molecule has 1 aromatic rings. The van der Waals surface area contributed by atoms with E-state index >= 15 is 0 Å². The van der Waals surface area contributed by atoms with Crippen molar-refractivity contribution in [2.24, 2.45) is 16.6 Å². The van der Waals surface area contributed by atoms with Gasteiger partial charge >= 0.3 is 0 Å². The van der Waals surface area contributed by atoms with Crippen LogP contribution in [0.3, 0.4) is 0 Å². The SMILES string of the molecule is CCNC(=NCc1cccnc1N1CCC(C(N)=O)CC1)NC1CCCCC1.I. The van der Waals surface area contributed by atoms with Gasteiger partial charge in [0.25, 0.3) is 0 Å². The van der Waals surface area contributed by atoms with Crippen molar-refractivity contribution in [1.29, 1.82) is 0 Å². The van der Waals surface area contributed by atoms with Crippen molar-refractivity contribution >= 4 is 41.7 Å². The molecule has 2 heterocycles. The summed E-state index contributed by atoms with van der Waals surface area (Å²) in [7, 11) is 0. The highest BCUT2D eigenvalue weighted by atomic mass is 127. The molecule has 0 aromatic carbocycles. The number of halogens is 1. The lowest BCUT2D eigenvalue weighted by atomic mass is 9.96. The fraction of sp³-hybridized carbons (Fsp3) is 0.667. The number of hydrogen-bond donors (Lipinski definition) is 3. The fourth-order valence-electron chi connectivity index (χ4n) is 4.14. The Morgan fingerprint density at radius 3 is 2.62 bits per heavy atom. The van der Waals surface area contributed by atoms with Gasteiger partial charge in [0.1, 0.15) is 5.82 Å². The van der Waals surface area contributed by atoms with E-state index in [0.717, 1.165) is 49.8 Å². The number of carbonyl (C=O) groups is 1. The first-order chi connectivity index (χ1) is 13.7. The molecular weight excluding hydrogens is 479 g/mol. The second-order valence-electron chi connectivity index (χ2n) is 7.82. The van der Waals surface area contributed by atoms with E-state index in [1.165, 1.54) is 32.1 Å². The lowest BCUT2D eigenvalue weighted by Crippen LogP contribution is -2.44. The van der Waals surface area contributed by atoms with Crippen LogP contribution >= 0.6 is 24.0 Å². The summed E-state index contributed by atoms with van der Waals surface area (Å²) >= 11 is 0. The molecule has 1 aliphatic heterocycles. The lowest BCUT2D eigenvalue weighted by molar-refractivity contribution is -0.122. The Balaban J connectivity index is 0.00000300. The monoisotopic (exact) mass is 514 g/mol. The molecule has 0 atom stereocenters. The molecule has 8 heteroatoms. The van der Waals surface area contributed by atoms with E-state index in [0.29, 0.717) is 12.6 Å². The van der Waals surface area contributed by atoms with Gasteiger partial charge in [0.15, 0.2) is 5.96 Å². The largest absolute Gasteiger partial charge is 0.369 e. The third kappa shape index (κ3) is 7.01. The number of nitrogens with one attached hydrogen (secondary N) is 2. The molecule has 0 radical (unpaired) electrons. The van der Waals surface area contributed by atoms with Gasteiger partial charge in [-0.2, -0.15) is 0 Å². The molecule has 0 unspecified atom stereocenters. The van der Waals surface area contributed by atoms with Crippen molar-refractivity contribution in [2.45, 2.75) is 64.5 Å². The third-order valence-corrected chi connectivity index (χ3v) is 5.76. The highest BCUT2D eigenvalue weighted by Crippen LogP contribution is 2.25. The van der Waals surface area contributed by atoms with Crippen LogP contribution in [-0.2, 0) is 11.3 Å². The summed E-state index contributed by atoms with van der Waals surface area (Å²) in [5.41, 5.74) is 6.57. The molecule has 1 saturated carbocycles. The number of primary amides is 1. The average molecular weight is 514 g/mol. The molecule has 1 saturated heterocycles. The van der Waals surface area contributed by atoms with Gasteiger partial charge in [-0.3, -0.25) is 4.79 Å². The van der Waals surface area contributed by atoms with Crippen LogP contribution in [0.2, 0.25) is 0 Å². The van der Waals surface area contributed by atoms with Crippen LogP contribution in [0.5, 0.6) is 0 Å². The summed E-state index contributed by atoms with van der Waals surface area (Å²) < 4.78 is 0. The normalized spacial score (nSPS) is 18.8. The smallest absolute Gasteiger partial charge is 0.220 e. The maximum absolute atomic E-state index is 11.4. The third-order valence-electron chi connectivity index (χ3n) is 5.76. The maximum Gasteiger partial charge on any atom is 0.220 e. The predicted octanol–water partition coefficient (Wildman–Crippen LogP) is 2.79. The Bertz CT molecular complexity index is 669. The summed E-state index contributed by atoms with van der Waals surface area (Å²) in [5, 5.41) is 6.97. The number of rotatable bonds is 6. The molecule has 29 heavy (non-hydrogen) atoms. The van der Waals surface area contributed by atoms with E-state index in [-0.39, 0.29) is 35.8 Å². The molecular formula is C21H35IN6O.